The van der Waals surface area contributed by atoms with Crippen LogP contribution in [0.2, 0.25) is 0 Å². The van der Waals surface area contributed by atoms with Crippen LogP contribution in [-0.2, 0) is 6.54 Å². The number of aryl methyl sites for hydroxylation is 3. The van der Waals surface area contributed by atoms with Crippen LogP contribution in [0.3, 0.4) is 0 Å². The average molecular weight is 346 g/mol. The van der Waals surface area contributed by atoms with Crippen LogP contribution >= 0.6 is 0 Å². The summed E-state index contributed by atoms with van der Waals surface area (Å²) in [6, 6.07) is 15.4. The van der Waals surface area contributed by atoms with Crippen molar-refractivity contribution in [2.24, 2.45) is 10.2 Å². The summed E-state index contributed by atoms with van der Waals surface area (Å²) in [5, 5.41) is 13.1. The van der Waals surface area contributed by atoms with Crippen molar-refractivity contribution < 1.29 is 4.79 Å². The van der Waals surface area contributed by atoms with Gasteiger partial charge in [0.25, 0.3) is 0 Å². The smallest absolute Gasteiger partial charge is 0.184 e. The highest BCUT2D eigenvalue weighted by Gasteiger charge is 2.15. The second kappa shape index (κ2) is 7.44. The highest BCUT2D eigenvalue weighted by Crippen LogP contribution is 2.26. The number of rotatable bonds is 5. The van der Waals surface area contributed by atoms with Crippen molar-refractivity contribution in [3.63, 3.8) is 0 Å². The van der Waals surface area contributed by atoms with Crippen LogP contribution in [0.15, 0.2) is 58.8 Å². The Morgan fingerprint density at radius 1 is 0.885 bits per heavy atom. The van der Waals surface area contributed by atoms with E-state index in [0.717, 1.165) is 22.6 Å². The first-order valence-electron chi connectivity index (χ1n) is 8.56. The van der Waals surface area contributed by atoms with E-state index in [9.17, 15) is 4.79 Å². The molecule has 0 aliphatic rings. The van der Waals surface area contributed by atoms with Gasteiger partial charge in [0.2, 0.25) is 0 Å². The van der Waals surface area contributed by atoms with E-state index in [1.807, 2.05) is 76.2 Å². The molecule has 132 valence electrons. The molecule has 5 nitrogen and oxygen atoms in total. The highest BCUT2D eigenvalue weighted by molar-refractivity contribution is 5.95. The maximum absolute atomic E-state index is 12.5. The zero-order valence-corrected chi connectivity index (χ0v) is 15.5. The molecule has 0 unspecified atom stereocenters. The van der Waals surface area contributed by atoms with E-state index in [-0.39, 0.29) is 12.3 Å². The summed E-state index contributed by atoms with van der Waals surface area (Å²) in [6.07, 6.45) is 0. The molecule has 1 aromatic heterocycles. The van der Waals surface area contributed by atoms with Crippen molar-refractivity contribution in [3.05, 3.63) is 76.6 Å². The standard InChI is InChI=1S/C21H22N4O/c1-14-5-9-18(10-6-14)20(26)13-25-17(4)21(16(3)24-25)23-22-19-11-7-15(2)8-12-19/h5-12H,13H2,1-4H3. The lowest BCUT2D eigenvalue weighted by atomic mass is 10.1. The molecule has 3 rings (SSSR count). The molecule has 3 aromatic rings. The van der Waals surface area contributed by atoms with Crippen LogP contribution < -0.4 is 0 Å². The highest BCUT2D eigenvalue weighted by atomic mass is 16.1. The average Bonchev–Trinajstić information content (AvgIpc) is 2.88. The second-order valence-electron chi connectivity index (χ2n) is 6.50. The number of Topliss-reactive ketones (excluding diaryl/α,β-unsaturated/α-hetero) is 1. The van der Waals surface area contributed by atoms with Gasteiger partial charge in [-0.2, -0.15) is 10.2 Å². The molecule has 0 N–H and O–H groups in total. The van der Waals surface area contributed by atoms with Gasteiger partial charge in [0.1, 0.15) is 12.2 Å². The number of nitrogens with zero attached hydrogens (tertiary/aromatic N) is 4. The Bertz CT molecular complexity index is 951. The van der Waals surface area contributed by atoms with Crippen LogP contribution in [0.1, 0.15) is 32.9 Å². The number of aromatic nitrogens is 2. The molecule has 0 saturated heterocycles. The fourth-order valence-electron chi connectivity index (χ4n) is 2.67. The zero-order valence-electron chi connectivity index (χ0n) is 15.5. The molecule has 0 bridgehead atoms. The Labute approximate surface area is 153 Å². The van der Waals surface area contributed by atoms with Gasteiger partial charge in [-0.25, -0.2) is 0 Å². The van der Waals surface area contributed by atoms with Crippen LogP contribution in [0.25, 0.3) is 0 Å². The predicted molar refractivity (Wildman–Crippen MR) is 103 cm³/mol. The molecular formula is C21H22N4O. The van der Waals surface area contributed by atoms with Gasteiger partial charge in [0.15, 0.2) is 5.78 Å². The number of hydrogen-bond donors (Lipinski definition) is 0. The number of benzene rings is 2. The number of hydrogen-bond acceptors (Lipinski definition) is 4. The summed E-state index contributed by atoms with van der Waals surface area (Å²) in [4.78, 5) is 12.5. The summed E-state index contributed by atoms with van der Waals surface area (Å²) in [7, 11) is 0. The first-order chi connectivity index (χ1) is 12.4. The Hall–Kier alpha value is -3.08. The lowest BCUT2D eigenvalue weighted by Gasteiger charge is -2.04. The van der Waals surface area contributed by atoms with Crippen molar-refractivity contribution in [1.29, 1.82) is 0 Å². The molecule has 26 heavy (non-hydrogen) atoms. The maximum Gasteiger partial charge on any atom is 0.184 e. The summed E-state index contributed by atoms with van der Waals surface area (Å²) in [6.45, 7) is 8.01. The van der Waals surface area contributed by atoms with E-state index in [4.69, 9.17) is 0 Å². The maximum atomic E-state index is 12.5. The van der Waals surface area contributed by atoms with Crippen LogP contribution in [-0.4, -0.2) is 15.6 Å². The third-order valence-corrected chi connectivity index (χ3v) is 4.31. The van der Waals surface area contributed by atoms with Gasteiger partial charge in [-0.05, 0) is 39.8 Å². The van der Waals surface area contributed by atoms with Gasteiger partial charge in [-0.15, -0.1) is 5.11 Å². The molecule has 1 heterocycles. The fourth-order valence-corrected chi connectivity index (χ4v) is 2.67. The lowest BCUT2D eigenvalue weighted by molar-refractivity contribution is 0.0967. The lowest BCUT2D eigenvalue weighted by Crippen LogP contribution is -2.13. The molecule has 0 aliphatic carbocycles. The minimum absolute atomic E-state index is 0.0256. The number of ketones is 1. The Morgan fingerprint density at radius 3 is 2.08 bits per heavy atom. The van der Waals surface area contributed by atoms with Gasteiger partial charge in [-0.3, -0.25) is 9.48 Å². The minimum atomic E-state index is 0.0256. The van der Waals surface area contributed by atoms with Gasteiger partial charge < -0.3 is 0 Å². The van der Waals surface area contributed by atoms with Crippen LogP contribution in [0, 0.1) is 27.7 Å². The Balaban J connectivity index is 1.80. The predicted octanol–water partition coefficient (Wildman–Crippen LogP) is 5.42. The molecule has 0 aliphatic heterocycles. The number of carbonyl (C=O) groups is 1. The van der Waals surface area contributed by atoms with E-state index >= 15 is 0 Å². The zero-order chi connectivity index (χ0) is 18.7. The van der Waals surface area contributed by atoms with Gasteiger partial charge in [0.05, 0.1) is 17.1 Å². The third-order valence-electron chi connectivity index (χ3n) is 4.31. The van der Waals surface area contributed by atoms with E-state index in [0.29, 0.717) is 11.3 Å². The number of carbonyl (C=O) groups excluding carboxylic acids is 1. The SMILES string of the molecule is Cc1ccc(N=Nc2c(C)nn(CC(=O)c3ccc(C)cc3)c2C)cc1. The van der Waals surface area contributed by atoms with Crippen molar-refractivity contribution in [3.8, 4) is 0 Å². The Morgan fingerprint density at radius 2 is 1.46 bits per heavy atom. The van der Waals surface area contributed by atoms with Crippen LogP contribution in [0.4, 0.5) is 11.4 Å². The normalized spacial score (nSPS) is 11.2. The van der Waals surface area contributed by atoms with Crippen molar-refractivity contribution in [2.45, 2.75) is 34.2 Å². The molecule has 0 saturated carbocycles. The molecule has 0 spiro atoms. The van der Waals surface area contributed by atoms with E-state index in [1.165, 1.54) is 5.56 Å². The number of azo groups is 1. The second-order valence-corrected chi connectivity index (χ2v) is 6.50. The molecule has 5 heteroatoms. The summed E-state index contributed by atoms with van der Waals surface area (Å²) >= 11 is 0. The van der Waals surface area contributed by atoms with Gasteiger partial charge in [-0.1, -0.05) is 47.5 Å². The first kappa shape index (κ1) is 17.7. The molecule has 0 amide bonds. The third kappa shape index (κ3) is 3.94. The molecule has 2 aromatic carbocycles. The van der Waals surface area contributed by atoms with Crippen molar-refractivity contribution in [1.82, 2.24) is 9.78 Å². The summed E-state index contributed by atoms with van der Waals surface area (Å²) in [5.41, 5.74) is 6.09. The minimum Gasteiger partial charge on any atom is -0.292 e. The van der Waals surface area contributed by atoms with E-state index in [2.05, 4.69) is 15.3 Å². The fraction of sp³-hybridized carbons (Fsp3) is 0.238. The van der Waals surface area contributed by atoms with Crippen molar-refractivity contribution in [2.75, 3.05) is 0 Å². The Kier molecular flexibility index (Phi) is 5.07. The summed E-state index contributed by atoms with van der Waals surface area (Å²) < 4.78 is 1.70. The van der Waals surface area contributed by atoms with Crippen molar-refractivity contribution >= 4 is 17.2 Å². The quantitative estimate of drug-likeness (QED) is 0.458. The monoisotopic (exact) mass is 346 g/mol. The van der Waals surface area contributed by atoms with Crippen LogP contribution in [0.5, 0.6) is 0 Å². The topological polar surface area (TPSA) is 59.6 Å². The van der Waals surface area contributed by atoms with E-state index < -0.39 is 0 Å². The van der Waals surface area contributed by atoms with Gasteiger partial charge in [0, 0.05) is 5.56 Å². The summed E-state index contributed by atoms with van der Waals surface area (Å²) in [5.74, 6) is 0.0256. The molecule has 0 fully saturated rings. The molecular weight excluding hydrogens is 324 g/mol. The van der Waals surface area contributed by atoms with E-state index in [1.54, 1.807) is 4.68 Å². The molecule has 0 radical (unpaired) electrons. The largest absolute Gasteiger partial charge is 0.292 e. The molecule has 0 atom stereocenters. The first-order valence-corrected chi connectivity index (χ1v) is 8.56. The van der Waals surface area contributed by atoms with Gasteiger partial charge >= 0.3 is 0 Å².